The van der Waals surface area contributed by atoms with Crippen molar-refractivity contribution in [3.8, 4) is 0 Å². The number of carbonyl (C=O) groups excluding carboxylic acids is 1. The number of benzene rings is 1. The Bertz CT molecular complexity index is 759. The second kappa shape index (κ2) is 11.4. The van der Waals surface area contributed by atoms with Gasteiger partial charge in [0, 0.05) is 13.1 Å². The van der Waals surface area contributed by atoms with E-state index < -0.39 is 0 Å². The maximum Gasteiger partial charge on any atom is 0.274 e. The molecule has 28 heavy (non-hydrogen) atoms. The van der Waals surface area contributed by atoms with Crippen LogP contribution in [0.25, 0.3) is 0 Å². The van der Waals surface area contributed by atoms with Crippen LogP contribution in [-0.4, -0.2) is 53.0 Å². The Morgan fingerprint density at radius 3 is 2.50 bits per heavy atom. The van der Waals surface area contributed by atoms with Crippen LogP contribution in [0.3, 0.4) is 0 Å². The monoisotopic (exact) mass is 428 g/mol. The molecule has 1 fully saturated rings. The van der Waals surface area contributed by atoms with Crippen molar-refractivity contribution >= 4 is 30.7 Å². The van der Waals surface area contributed by atoms with Crippen molar-refractivity contribution in [2.24, 2.45) is 0 Å². The number of piperidine rings is 1. The van der Waals surface area contributed by atoms with E-state index in [1.54, 1.807) is 0 Å². The van der Waals surface area contributed by atoms with Crippen LogP contribution in [0.4, 0.5) is 0 Å². The van der Waals surface area contributed by atoms with Crippen LogP contribution in [0.5, 0.6) is 0 Å². The number of rotatable bonds is 6. The molecule has 0 bridgehead atoms. The van der Waals surface area contributed by atoms with Crippen molar-refractivity contribution in [2.75, 3.05) is 27.2 Å². The summed E-state index contributed by atoms with van der Waals surface area (Å²) < 4.78 is 1.91. The van der Waals surface area contributed by atoms with Crippen molar-refractivity contribution in [2.45, 2.75) is 38.9 Å². The zero-order chi connectivity index (χ0) is 18.5. The SMILES string of the molecule is Cc1c(C(=O)NCc2ccccc2CN(C)C)nnn1C1CCNCC1.Cl.Cl. The van der Waals surface area contributed by atoms with Gasteiger partial charge in [0.25, 0.3) is 5.91 Å². The topological polar surface area (TPSA) is 75.1 Å². The predicted octanol–water partition coefficient (Wildman–Crippen LogP) is 2.35. The number of hydrogen-bond donors (Lipinski definition) is 2. The molecular weight excluding hydrogens is 399 g/mol. The van der Waals surface area contributed by atoms with Crippen LogP contribution in [0.15, 0.2) is 24.3 Å². The van der Waals surface area contributed by atoms with E-state index in [9.17, 15) is 4.79 Å². The molecular formula is C19H30Cl2N6O. The first kappa shape index (κ1) is 24.4. The van der Waals surface area contributed by atoms with Gasteiger partial charge in [0.15, 0.2) is 5.69 Å². The quantitative estimate of drug-likeness (QED) is 0.738. The number of nitrogens with one attached hydrogen (secondary N) is 2. The zero-order valence-corrected chi connectivity index (χ0v) is 18.3. The summed E-state index contributed by atoms with van der Waals surface area (Å²) in [6.07, 6.45) is 2.03. The highest BCUT2D eigenvalue weighted by molar-refractivity contribution is 5.93. The van der Waals surface area contributed by atoms with Gasteiger partial charge >= 0.3 is 0 Å². The van der Waals surface area contributed by atoms with E-state index in [1.807, 2.05) is 37.8 Å². The van der Waals surface area contributed by atoms with Gasteiger partial charge in [-0.15, -0.1) is 29.9 Å². The Hall–Kier alpha value is -1.67. The first-order valence-electron chi connectivity index (χ1n) is 9.18. The highest BCUT2D eigenvalue weighted by Crippen LogP contribution is 2.20. The maximum absolute atomic E-state index is 12.6. The lowest BCUT2D eigenvalue weighted by Crippen LogP contribution is -2.30. The summed E-state index contributed by atoms with van der Waals surface area (Å²) in [5, 5.41) is 14.7. The van der Waals surface area contributed by atoms with Gasteiger partial charge in [-0.25, -0.2) is 4.68 Å². The molecule has 0 atom stereocenters. The summed E-state index contributed by atoms with van der Waals surface area (Å²) >= 11 is 0. The average Bonchev–Trinajstić information content (AvgIpc) is 3.02. The van der Waals surface area contributed by atoms with Crippen molar-refractivity contribution in [3.63, 3.8) is 0 Å². The molecule has 7 nitrogen and oxygen atoms in total. The molecule has 156 valence electrons. The molecule has 1 aliphatic heterocycles. The highest BCUT2D eigenvalue weighted by atomic mass is 35.5. The largest absolute Gasteiger partial charge is 0.346 e. The van der Waals surface area contributed by atoms with Crippen LogP contribution in [0.2, 0.25) is 0 Å². The van der Waals surface area contributed by atoms with Gasteiger partial charge in [0.05, 0.1) is 11.7 Å². The molecule has 2 N–H and O–H groups in total. The van der Waals surface area contributed by atoms with Crippen LogP contribution in [-0.2, 0) is 13.1 Å². The van der Waals surface area contributed by atoms with Crippen molar-refractivity contribution in [1.29, 1.82) is 0 Å². The van der Waals surface area contributed by atoms with E-state index in [2.05, 4.69) is 38.0 Å². The number of aromatic nitrogens is 3. The molecule has 1 amide bonds. The fourth-order valence-corrected chi connectivity index (χ4v) is 3.43. The number of hydrogen-bond acceptors (Lipinski definition) is 5. The Balaban J connectivity index is 0.00000196. The molecule has 0 radical (unpaired) electrons. The summed E-state index contributed by atoms with van der Waals surface area (Å²) in [7, 11) is 4.08. The third-order valence-electron chi connectivity index (χ3n) is 4.84. The molecule has 9 heteroatoms. The summed E-state index contributed by atoms with van der Waals surface area (Å²) in [4.78, 5) is 14.7. The van der Waals surface area contributed by atoms with Gasteiger partial charge in [0.2, 0.25) is 0 Å². The lowest BCUT2D eigenvalue weighted by molar-refractivity contribution is 0.0945. The molecule has 0 unspecified atom stereocenters. The molecule has 3 rings (SSSR count). The zero-order valence-electron chi connectivity index (χ0n) is 16.6. The van der Waals surface area contributed by atoms with Gasteiger partial charge in [-0.1, -0.05) is 29.5 Å². The van der Waals surface area contributed by atoms with E-state index in [-0.39, 0.29) is 30.7 Å². The predicted molar refractivity (Wildman–Crippen MR) is 115 cm³/mol. The van der Waals surface area contributed by atoms with Crippen molar-refractivity contribution in [1.82, 2.24) is 30.5 Å². The number of amides is 1. The highest BCUT2D eigenvalue weighted by Gasteiger charge is 2.22. The van der Waals surface area contributed by atoms with Crippen LogP contribution < -0.4 is 10.6 Å². The minimum atomic E-state index is -0.164. The van der Waals surface area contributed by atoms with E-state index in [0.29, 0.717) is 18.3 Å². The van der Waals surface area contributed by atoms with E-state index in [0.717, 1.165) is 43.7 Å². The van der Waals surface area contributed by atoms with E-state index >= 15 is 0 Å². The Kier molecular flexibility index (Phi) is 9.89. The fraction of sp³-hybridized carbons (Fsp3) is 0.526. The van der Waals surface area contributed by atoms with Crippen LogP contribution in [0.1, 0.15) is 46.2 Å². The van der Waals surface area contributed by atoms with E-state index in [1.165, 1.54) is 5.56 Å². The summed E-state index contributed by atoms with van der Waals surface area (Å²) in [5.74, 6) is -0.164. The second-order valence-corrected chi connectivity index (χ2v) is 7.14. The van der Waals surface area contributed by atoms with Gasteiger partial charge in [-0.2, -0.15) is 0 Å². The molecule has 0 aliphatic carbocycles. The molecule has 1 aliphatic rings. The molecule has 0 saturated carbocycles. The molecule has 0 spiro atoms. The Morgan fingerprint density at radius 1 is 1.21 bits per heavy atom. The third kappa shape index (κ3) is 5.91. The number of carbonyl (C=O) groups is 1. The lowest BCUT2D eigenvalue weighted by atomic mass is 10.1. The number of halogens is 2. The molecule has 2 aromatic rings. The van der Waals surface area contributed by atoms with E-state index in [4.69, 9.17) is 0 Å². The lowest BCUT2D eigenvalue weighted by Gasteiger charge is -2.23. The van der Waals surface area contributed by atoms with Gasteiger partial charge < -0.3 is 15.5 Å². The van der Waals surface area contributed by atoms with Crippen molar-refractivity contribution < 1.29 is 4.79 Å². The number of nitrogens with zero attached hydrogens (tertiary/aromatic N) is 4. The summed E-state index contributed by atoms with van der Waals surface area (Å²) in [6.45, 7) is 5.22. The van der Waals surface area contributed by atoms with Gasteiger partial charge in [-0.05, 0) is 58.1 Å². The molecule has 1 aromatic heterocycles. The van der Waals surface area contributed by atoms with Gasteiger partial charge in [-0.3, -0.25) is 4.79 Å². The Morgan fingerprint density at radius 2 is 1.86 bits per heavy atom. The average molecular weight is 429 g/mol. The third-order valence-corrected chi connectivity index (χ3v) is 4.84. The van der Waals surface area contributed by atoms with Crippen LogP contribution >= 0.6 is 24.8 Å². The standard InChI is InChI=1S/C19H28N6O.2ClH/c1-14-18(22-23-25(14)17-8-10-20-11-9-17)19(26)21-12-15-6-4-5-7-16(15)13-24(2)3;;/h4-7,17,20H,8-13H2,1-3H3,(H,21,26);2*1H. The molecule has 1 saturated heterocycles. The normalized spacial score (nSPS) is 14.3. The second-order valence-electron chi connectivity index (χ2n) is 7.14. The molecule has 1 aromatic carbocycles. The maximum atomic E-state index is 12.6. The summed E-state index contributed by atoms with van der Waals surface area (Å²) in [6, 6.07) is 8.50. The fourth-order valence-electron chi connectivity index (χ4n) is 3.43. The van der Waals surface area contributed by atoms with Crippen LogP contribution in [0, 0.1) is 6.92 Å². The van der Waals surface area contributed by atoms with Crippen molar-refractivity contribution in [3.05, 3.63) is 46.8 Å². The smallest absolute Gasteiger partial charge is 0.274 e. The minimum absolute atomic E-state index is 0. The Labute approximate surface area is 179 Å². The summed E-state index contributed by atoms with van der Waals surface area (Å²) in [5.41, 5.74) is 3.61. The van der Waals surface area contributed by atoms with Gasteiger partial charge in [0.1, 0.15) is 0 Å². The first-order chi connectivity index (χ1) is 12.6. The first-order valence-corrected chi connectivity index (χ1v) is 9.18. The minimum Gasteiger partial charge on any atom is -0.346 e. The molecule has 2 heterocycles.